The molecule has 1 rings (SSSR count). The molecular formula is C18H32N2. The lowest BCUT2D eigenvalue weighted by atomic mass is 10.1. The summed E-state index contributed by atoms with van der Waals surface area (Å²) in [6, 6.07) is 10.5. The van der Waals surface area contributed by atoms with E-state index < -0.39 is 0 Å². The molecule has 0 spiro atoms. The van der Waals surface area contributed by atoms with E-state index in [4.69, 9.17) is 5.41 Å². The highest BCUT2D eigenvalue weighted by atomic mass is 15.1. The number of hydrogen-bond donors (Lipinski definition) is 1. The van der Waals surface area contributed by atoms with Crippen LogP contribution in [0.1, 0.15) is 46.6 Å². The van der Waals surface area contributed by atoms with E-state index in [9.17, 15) is 0 Å². The standard InChI is InChI=1S/C14H20N2.2C2H6/c1-13(11-15)12-16(2)10-6-9-14-7-4-3-5-8-14;2*1-2/h3-5,7-8,11-12,15H,6,9-10H2,1-2H3;2*1-2H3/b13-12-,15-11?;;. The second-order valence-corrected chi connectivity index (χ2v) is 4.09. The first-order chi connectivity index (χ1) is 9.72. The number of rotatable bonds is 6. The van der Waals surface area contributed by atoms with Crippen LogP contribution in [0.4, 0.5) is 0 Å². The first kappa shape index (κ1) is 20.7. The highest BCUT2D eigenvalue weighted by Gasteiger charge is 1.95. The van der Waals surface area contributed by atoms with Gasteiger partial charge in [0.15, 0.2) is 0 Å². The first-order valence-corrected chi connectivity index (χ1v) is 7.65. The minimum absolute atomic E-state index is 0.988. The van der Waals surface area contributed by atoms with Gasteiger partial charge in [0.1, 0.15) is 0 Å². The van der Waals surface area contributed by atoms with Crippen molar-refractivity contribution in [2.75, 3.05) is 13.6 Å². The first-order valence-electron chi connectivity index (χ1n) is 7.65. The van der Waals surface area contributed by atoms with Gasteiger partial charge in [0, 0.05) is 26.0 Å². The fraction of sp³-hybridized carbons (Fsp3) is 0.500. The van der Waals surface area contributed by atoms with Crippen LogP contribution in [0.2, 0.25) is 0 Å². The van der Waals surface area contributed by atoms with Crippen LogP contribution in [0.5, 0.6) is 0 Å². The lowest BCUT2D eigenvalue weighted by molar-refractivity contribution is 0.442. The Balaban J connectivity index is 0. The van der Waals surface area contributed by atoms with E-state index >= 15 is 0 Å². The average Bonchev–Trinajstić information content (AvgIpc) is 2.52. The Kier molecular flexibility index (Phi) is 16.1. The van der Waals surface area contributed by atoms with Crippen molar-refractivity contribution in [2.45, 2.75) is 47.5 Å². The van der Waals surface area contributed by atoms with E-state index in [1.165, 1.54) is 11.8 Å². The zero-order chi connectivity index (χ0) is 15.8. The van der Waals surface area contributed by atoms with Crippen LogP contribution in [0.25, 0.3) is 0 Å². The Morgan fingerprint density at radius 3 is 2.15 bits per heavy atom. The van der Waals surface area contributed by atoms with Crippen molar-refractivity contribution in [3.63, 3.8) is 0 Å². The maximum Gasteiger partial charge on any atom is 0.0221 e. The number of aryl methyl sites for hydroxylation is 1. The van der Waals surface area contributed by atoms with Crippen LogP contribution in [0.3, 0.4) is 0 Å². The Morgan fingerprint density at radius 1 is 1.10 bits per heavy atom. The molecule has 0 heterocycles. The van der Waals surface area contributed by atoms with Gasteiger partial charge in [-0.15, -0.1) is 0 Å². The monoisotopic (exact) mass is 276 g/mol. The molecule has 0 unspecified atom stereocenters. The molecule has 1 N–H and O–H groups in total. The molecule has 20 heavy (non-hydrogen) atoms. The molecule has 2 heteroatoms. The summed E-state index contributed by atoms with van der Waals surface area (Å²) in [5.41, 5.74) is 2.38. The van der Waals surface area contributed by atoms with Crippen LogP contribution < -0.4 is 0 Å². The van der Waals surface area contributed by atoms with Gasteiger partial charge in [0.25, 0.3) is 0 Å². The summed E-state index contributed by atoms with van der Waals surface area (Å²) in [5.74, 6) is 0. The molecule has 114 valence electrons. The fourth-order valence-corrected chi connectivity index (χ4v) is 1.63. The van der Waals surface area contributed by atoms with E-state index in [1.807, 2.05) is 46.9 Å². The summed E-state index contributed by atoms with van der Waals surface area (Å²) in [6.07, 6.45) is 5.65. The highest BCUT2D eigenvalue weighted by molar-refractivity contribution is 5.74. The van der Waals surface area contributed by atoms with Crippen molar-refractivity contribution >= 4 is 6.21 Å². The summed E-state index contributed by atoms with van der Waals surface area (Å²) in [4.78, 5) is 2.14. The van der Waals surface area contributed by atoms with Crippen LogP contribution >= 0.6 is 0 Å². The molecule has 2 nitrogen and oxygen atoms in total. The zero-order valence-electron chi connectivity index (χ0n) is 14.1. The van der Waals surface area contributed by atoms with Crippen LogP contribution in [-0.2, 0) is 6.42 Å². The van der Waals surface area contributed by atoms with Gasteiger partial charge >= 0.3 is 0 Å². The molecule has 1 aromatic rings. The third-order valence-corrected chi connectivity index (χ3v) is 2.47. The van der Waals surface area contributed by atoms with E-state index in [0.29, 0.717) is 0 Å². The summed E-state index contributed by atoms with van der Waals surface area (Å²) in [6.45, 7) is 11.0. The van der Waals surface area contributed by atoms with Gasteiger partial charge < -0.3 is 10.3 Å². The summed E-state index contributed by atoms with van der Waals surface area (Å²) in [7, 11) is 2.05. The Bertz CT molecular complexity index is 342. The van der Waals surface area contributed by atoms with E-state index in [0.717, 1.165) is 25.0 Å². The van der Waals surface area contributed by atoms with E-state index in [2.05, 4.69) is 36.2 Å². The van der Waals surface area contributed by atoms with Gasteiger partial charge in [-0.05, 0) is 30.9 Å². The molecule has 0 atom stereocenters. The predicted molar refractivity (Wildman–Crippen MR) is 92.6 cm³/mol. The Hall–Kier alpha value is -1.57. The van der Waals surface area contributed by atoms with Crippen molar-refractivity contribution in [2.24, 2.45) is 0 Å². The van der Waals surface area contributed by atoms with E-state index in [1.54, 1.807) is 0 Å². The smallest absolute Gasteiger partial charge is 0.0221 e. The molecule has 0 bridgehead atoms. The number of hydrogen-bond acceptors (Lipinski definition) is 2. The van der Waals surface area contributed by atoms with Crippen LogP contribution in [-0.4, -0.2) is 24.7 Å². The minimum Gasteiger partial charge on any atom is -0.380 e. The number of benzene rings is 1. The summed E-state index contributed by atoms with van der Waals surface area (Å²) in [5, 5.41) is 7.09. The maximum absolute atomic E-state index is 7.09. The van der Waals surface area contributed by atoms with Crippen molar-refractivity contribution in [3.05, 3.63) is 47.7 Å². The third kappa shape index (κ3) is 11.5. The Morgan fingerprint density at radius 2 is 1.65 bits per heavy atom. The van der Waals surface area contributed by atoms with Crippen molar-refractivity contribution in [3.8, 4) is 0 Å². The van der Waals surface area contributed by atoms with Gasteiger partial charge in [-0.3, -0.25) is 0 Å². The number of allylic oxidation sites excluding steroid dienone is 1. The molecule has 1 aromatic carbocycles. The predicted octanol–water partition coefficient (Wildman–Crippen LogP) is 5.16. The molecule has 0 amide bonds. The number of nitrogens with one attached hydrogen (secondary N) is 1. The normalized spacial score (nSPS) is 9.60. The van der Waals surface area contributed by atoms with Gasteiger partial charge in [-0.1, -0.05) is 58.0 Å². The highest BCUT2D eigenvalue weighted by Crippen LogP contribution is 2.03. The molecule has 0 saturated heterocycles. The molecule has 0 aliphatic carbocycles. The second-order valence-electron chi connectivity index (χ2n) is 4.09. The number of nitrogens with zero attached hydrogens (tertiary/aromatic N) is 1. The van der Waals surface area contributed by atoms with Crippen molar-refractivity contribution in [1.29, 1.82) is 5.41 Å². The third-order valence-electron chi connectivity index (χ3n) is 2.47. The SMILES string of the molecule is C/C(C=N)=C/N(C)CCCc1ccccc1.CC.CC. The topological polar surface area (TPSA) is 27.1 Å². The molecule has 0 aliphatic heterocycles. The van der Waals surface area contributed by atoms with Gasteiger partial charge in [0.05, 0.1) is 0 Å². The lowest BCUT2D eigenvalue weighted by Crippen LogP contribution is -2.13. The zero-order valence-corrected chi connectivity index (χ0v) is 14.1. The Labute approximate surface area is 126 Å². The molecule has 0 saturated carbocycles. The second kappa shape index (κ2) is 15.5. The van der Waals surface area contributed by atoms with Gasteiger partial charge in [-0.25, -0.2) is 0 Å². The molecule has 0 fully saturated rings. The maximum atomic E-state index is 7.09. The molecule has 0 radical (unpaired) electrons. The van der Waals surface area contributed by atoms with Crippen molar-refractivity contribution < 1.29 is 0 Å². The summed E-state index contributed by atoms with van der Waals surface area (Å²) < 4.78 is 0. The quantitative estimate of drug-likeness (QED) is 0.714. The molecule has 0 aliphatic rings. The molecule has 0 aromatic heterocycles. The largest absolute Gasteiger partial charge is 0.380 e. The summed E-state index contributed by atoms with van der Waals surface area (Å²) >= 11 is 0. The minimum atomic E-state index is 0.988. The van der Waals surface area contributed by atoms with Crippen LogP contribution in [0, 0.1) is 5.41 Å². The average molecular weight is 276 g/mol. The van der Waals surface area contributed by atoms with Crippen molar-refractivity contribution in [1.82, 2.24) is 4.90 Å². The lowest BCUT2D eigenvalue weighted by Gasteiger charge is -2.14. The van der Waals surface area contributed by atoms with Gasteiger partial charge in [0.2, 0.25) is 0 Å². The van der Waals surface area contributed by atoms with E-state index in [-0.39, 0.29) is 0 Å². The van der Waals surface area contributed by atoms with Crippen LogP contribution in [0.15, 0.2) is 42.1 Å². The molecular weight excluding hydrogens is 244 g/mol. The fourth-order valence-electron chi connectivity index (χ4n) is 1.63. The van der Waals surface area contributed by atoms with Gasteiger partial charge in [-0.2, -0.15) is 0 Å².